The molecule has 0 aromatic heterocycles. The number of primary amides is 1. The SMILES string of the molecule is CCOC(=O)C(N)=O.[2H]C([2H])(N)C([2H])([2H])O. The van der Waals surface area contributed by atoms with Crippen LogP contribution in [0.5, 0.6) is 0 Å². The first kappa shape index (κ1) is 6.38. The van der Waals surface area contributed by atoms with E-state index in [1.807, 2.05) is 0 Å². The van der Waals surface area contributed by atoms with Crippen LogP contribution >= 0.6 is 0 Å². The number of esters is 1. The summed E-state index contributed by atoms with van der Waals surface area (Å²) in [6.07, 6.45) is 0. The molecular weight excluding hydrogens is 164 g/mol. The third kappa shape index (κ3) is 11.6. The molecule has 0 fully saturated rings. The largest absolute Gasteiger partial charge is 0.459 e. The minimum absolute atomic E-state index is 0.182. The van der Waals surface area contributed by atoms with Crippen molar-refractivity contribution in [3.05, 3.63) is 0 Å². The number of aliphatic hydroxyl groups is 1. The first-order valence-electron chi connectivity index (χ1n) is 4.91. The summed E-state index contributed by atoms with van der Waals surface area (Å²) < 4.78 is 29.6. The highest BCUT2D eigenvalue weighted by Crippen LogP contribution is 1.72. The minimum atomic E-state index is -2.95. The van der Waals surface area contributed by atoms with Crippen molar-refractivity contribution in [1.82, 2.24) is 0 Å². The highest BCUT2D eigenvalue weighted by atomic mass is 16.5. The molecule has 0 saturated carbocycles. The monoisotopic (exact) mass is 182 g/mol. The standard InChI is InChI=1S/C4H7NO3.C2H7NO/c1-2-8-4(7)3(5)6;3-1-2-4/h2H2,1H3,(H2,5,6);4H,1-3H2/i;1D2,2D2. The summed E-state index contributed by atoms with van der Waals surface area (Å²) in [4.78, 5) is 19.9. The fourth-order valence-corrected chi connectivity index (χ4v) is 0.202. The van der Waals surface area contributed by atoms with E-state index in [0.29, 0.717) is 0 Å². The van der Waals surface area contributed by atoms with Gasteiger partial charge in [0.05, 0.1) is 15.9 Å². The summed E-state index contributed by atoms with van der Waals surface area (Å²) in [5.41, 5.74) is 9.03. The molecule has 0 radical (unpaired) electrons. The quantitative estimate of drug-likeness (QED) is 0.336. The summed E-state index contributed by atoms with van der Waals surface area (Å²) in [5, 5.41) is 8.19. The van der Waals surface area contributed by atoms with Gasteiger partial charge in [0.1, 0.15) is 0 Å². The molecule has 6 nitrogen and oxygen atoms in total. The second kappa shape index (κ2) is 9.86. The predicted molar refractivity (Wildman–Crippen MR) is 42.0 cm³/mol. The average Bonchev–Trinajstić information content (AvgIpc) is 2.01. The average molecular weight is 182 g/mol. The molecule has 1 amide bonds. The fourth-order valence-electron chi connectivity index (χ4n) is 0.202. The van der Waals surface area contributed by atoms with Gasteiger partial charge in [0, 0.05) is 9.24 Å². The predicted octanol–water partition coefficient (Wildman–Crippen LogP) is -2.03. The Kier molecular flexibility index (Phi) is 5.25. The van der Waals surface area contributed by atoms with Crippen molar-refractivity contribution < 1.29 is 24.9 Å². The van der Waals surface area contributed by atoms with Gasteiger partial charge in [0.2, 0.25) is 0 Å². The summed E-state index contributed by atoms with van der Waals surface area (Å²) in [6.45, 7) is -3.84. The van der Waals surface area contributed by atoms with Crippen LogP contribution in [0.3, 0.4) is 0 Å². The van der Waals surface area contributed by atoms with Crippen LogP contribution in [-0.2, 0) is 14.3 Å². The summed E-state index contributed by atoms with van der Waals surface area (Å²) in [6, 6.07) is 0. The van der Waals surface area contributed by atoms with E-state index >= 15 is 0 Å². The Labute approximate surface area is 76.1 Å². The number of nitrogens with two attached hydrogens (primary N) is 2. The number of amides is 1. The molecule has 0 atom stereocenters. The first-order chi connectivity index (χ1) is 6.93. The van der Waals surface area contributed by atoms with Gasteiger partial charge in [-0.05, 0) is 6.92 Å². The number of ether oxygens (including phenoxy) is 1. The zero-order chi connectivity index (χ0) is 13.6. The maximum absolute atomic E-state index is 10.0. The zero-order valence-corrected chi connectivity index (χ0v) is 6.53. The van der Waals surface area contributed by atoms with Gasteiger partial charge in [-0.15, -0.1) is 0 Å². The van der Waals surface area contributed by atoms with Crippen molar-refractivity contribution in [1.29, 1.82) is 0 Å². The fraction of sp³-hybridized carbons (Fsp3) is 0.667. The highest BCUT2D eigenvalue weighted by molar-refractivity contribution is 6.31. The lowest BCUT2D eigenvalue weighted by atomic mass is 10.6. The lowest BCUT2D eigenvalue weighted by Gasteiger charge is -1.92. The van der Waals surface area contributed by atoms with Crippen LogP contribution in [0.2, 0.25) is 0 Å². The van der Waals surface area contributed by atoms with Crippen LogP contribution in [-0.4, -0.2) is 36.6 Å². The molecule has 0 spiro atoms. The third-order valence-electron chi connectivity index (χ3n) is 0.541. The molecule has 6 heteroatoms. The zero-order valence-electron chi connectivity index (χ0n) is 10.5. The topological polar surface area (TPSA) is 116 Å². The van der Waals surface area contributed by atoms with E-state index in [-0.39, 0.29) is 6.61 Å². The van der Waals surface area contributed by atoms with Crippen molar-refractivity contribution in [3.63, 3.8) is 0 Å². The molecule has 0 aliphatic heterocycles. The van der Waals surface area contributed by atoms with E-state index in [4.69, 9.17) is 10.6 Å². The second-order valence-corrected chi connectivity index (χ2v) is 1.34. The molecule has 0 aromatic rings. The van der Waals surface area contributed by atoms with Crippen LogP contribution in [0.15, 0.2) is 0 Å². The van der Waals surface area contributed by atoms with Crippen LogP contribution < -0.4 is 11.5 Å². The second-order valence-electron chi connectivity index (χ2n) is 1.34. The van der Waals surface area contributed by atoms with E-state index in [1.54, 1.807) is 6.92 Å². The maximum atomic E-state index is 10.0. The molecule has 72 valence electrons. The van der Waals surface area contributed by atoms with Gasteiger partial charge in [-0.25, -0.2) is 4.79 Å². The van der Waals surface area contributed by atoms with Gasteiger partial charge in [-0.1, -0.05) is 0 Å². The number of carbonyl (C=O) groups excluding carboxylic acids is 2. The van der Waals surface area contributed by atoms with Crippen LogP contribution in [0, 0.1) is 0 Å². The summed E-state index contributed by atoms with van der Waals surface area (Å²) in [5.74, 6) is -2.03. The molecule has 0 bridgehead atoms. The first-order valence-corrected chi connectivity index (χ1v) is 2.91. The molecule has 0 aliphatic carbocycles. The minimum Gasteiger partial charge on any atom is -0.459 e. The van der Waals surface area contributed by atoms with Crippen molar-refractivity contribution in [2.75, 3.05) is 19.7 Å². The number of hydrogen-bond acceptors (Lipinski definition) is 5. The van der Waals surface area contributed by atoms with Gasteiger partial charge in [0.25, 0.3) is 0 Å². The molecule has 0 unspecified atom stereocenters. The molecule has 0 rings (SSSR count). The van der Waals surface area contributed by atoms with Crippen LogP contribution in [0.1, 0.15) is 12.4 Å². The lowest BCUT2D eigenvalue weighted by molar-refractivity contribution is -0.153. The number of rotatable bonds is 2. The van der Waals surface area contributed by atoms with Crippen molar-refractivity contribution in [2.24, 2.45) is 11.5 Å². The van der Waals surface area contributed by atoms with Gasteiger partial charge in [-0.2, -0.15) is 0 Å². The smallest absolute Gasteiger partial charge is 0.396 e. The van der Waals surface area contributed by atoms with Gasteiger partial charge < -0.3 is 21.3 Å². The molecular formula is C6H14N2O4. The van der Waals surface area contributed by atoms with E-state index < -0.39 is 24.9 Å². The van der Waals surface area contributed by atoms with Crippen LogP contribution in [0.4, 0.5) is 0 Å². The highest BCUT2D eigenvalue weighted by Gasteiger charge is 2.06. The molecule has 12 heavy (non-hydrogen) atoms. The van der Waals surface area contributed by atoms with Crippen molar-refractivity contribution in [3.8, 4) is 0 Å². The Morgan fingerprint density at radius 3 is 2.17 bits per heavy atom. The Hall–Kier alpha value is -1.14. The molecule has 0 saturated heterocycles. The number of hydrogen-bond donors (Lipinski definition) is 3. The summed E-state index contributed by atoms with van der Waals surface area (Å²) in [7, 11) is 0. The van der Waals surface area contributed by atoms with Gasteiger partial charge in [-0.3, -0.25) is 4.79 Å². The summed E-state index contributed by atoms with van der Waals surface area (Å²) >= 11 is 0. The Balaban J connectivity index is 0. The Bertz CT molecular complexity index is 236. The molecule has 0 aliphatic rings. The van der Waals surface area contributed by atoms with Crippen LogP contribution in [0.25, 0.3) is 0 Å². The van der Waals surface area contributed by atoms with E-state index in [2.05, 4.69) is 16.2 Å². The molecule has 5 N–H and O–H groups in total. The Morgan fingerprint density at radius 2 is 2.08 bits per heavy atom. The van der Waals surface area contributed by atoms with Crippen molar-refractivity contribution in [2.45, 2.75) is 6.92 Å². The van der Waals surface area contributed by atoms with Crippen molar-refractivity contribution >= 4 is 11.9 Å². The maximum Gasteiger partial charge on any atom is 0.396 e. The van der Waals surface area contributed by atoms with E-state index in [9.17, 15) is 9.59 Å². The normalized spacial score (nSPS) is 15.2. The lowest BCUT2D eigenvalue weighted by Crippen LogP contribution is -2.25. The van der Waals surface area contributed by atoms with E-state index in [1.165, 1.54) is 0 Å². The molecule has 0 heterocycles. The van der Waals surface area contributed by atoms with Gasteiger partial charge in [0.15, 0.2) is 0 Å². The third-order valence-corrected chi connectivity index (χ3v) is 0.541. The van der Waals surface area contributed by atoms with Gasteiger partial charge >= 0.3 is 11.9 Å². The number of carbonyl (C=O) groups is 2. The Morgan fingerprint density at radius 1 is 1.67 bits per heavy atom. The molecule has 0 aromatic carbocycles. The van der Waals surface area contributed by atoms with E-state index in [0.717, 1.165) is 0 Å².